The number of hydrazine groups is 1. The summed E-state index contributed by atoms with van der Waals surface area (Å²) in [5, 5.41) is 25.8. The molecule has 12 heteroatoms. The van der Waals surface area contributed by atoms with E-state index >= 15 is 0 Å². The molecule has 0 saturated carbocycles. The van der Waals surface area contributed by atoms with E-state index in [1.807, 2.05) is 56.3 Å². The van der Waals surface area contributed by atoms with Gasteiger partial charge in [0.15, 0.2) is 11.5 Å². The SMILES string of the molecule is CCNC(=O)CC1N=C(c2ccc(Cl)cc2)c2cc(OCCCNC(=O)c3cccc(O)c3O)ccc2N2C(C)NNC12. The summed E-state index contributed by atoms with van der Waals surface area (Å²) in [6.45, 7) is 5.11. The molecule has 6 N–H and O–H groups in total. The van der Waals surface area contributed by atoms with Gasteiger partial charge in [-0.15, -0.1) is 0 Å². The highest BCUT2D eigenvalue weighted by atomic mass is 35.5. The van der Waals surface area contributed by atoms with Crippen molar-refractivity contribution in [3.63, 3.8) is 0 Å². The summed E-state index contributed by atoms with van der Waals surface area (Å²) >= 11 is 6.20. The number of carbonyl (C=O) groups is 2. The van der Waals surface area contributed by atoms with Crippen molar-refractivity contribution in [2.45, 2.75) is 45.1 Å². The maximum absolute atomic E-state index is 12.7. The summed E-state index contributed by atoms with van der Waals surface area (Å²) in [7, 11) is 0. The smallest absolute Gasteiger partial charge is 0.255 e. The second kappa shape index (κ2) is 13.3. The van der Waals surface area contributed by atoms with Crippen molar-refractivity contribution in [3.05, 3.63) is 82.4 Å². The molecule has 3 unspecified atom stereocenters. The van der Waals surface area contributed by atoms with Gasteiger partial charge in [-0.25, -0.2) is 10.9 Å². The van der Waals surface area contributed by atoms with Gasteiger partial charge in [-0.1, -0.05) is 29.8 Å². The topological polar surface area (TPSA) is 148 Å². The lowest BCUT2D eigenvalue weighted by molar-refractivity contribution is -0.121. The molecule has 11 nitrogen and oxygen atoms in total. The summed E-state index contributed by atoms with van der Waals surface area (Å²) in [4.78, 5) is 32.5. The minimum absolute atomic E-state index is 0.00425. The number of hydrogen-bond donors (Lipinski definition) is 6. The zero-order valence-corrected chi connectivity index (χ0v) is 24.7. The number of hydrogen-bond acceptors (Lipinski definition) is 9. The highest BCUT2D eigenvalue weighted by molar-refractivity contribution is 6.30. The van der Waals surface area contributed by atoms with E-state index in [1.165, 1.54) is 18.2 Å². The Balaban J connectivity index is 1.37. The van der Waals surface area contributed by atoms with E-state index in [-0.39, 0.29) is 42.0 Å². The van der Waals surface area contributed by atoms with Crippen molar-refractivity contribution in [3.8, 4) is 17.2 Å². The Morgan fingerprint density at radius 1 is 1.07 bits per heavy atom. The molecule has 1 saturated heterocycles. The molecule has 0 spiro atoms. The number of aromatic hydroxyl groups is 2. The fourth-order valence-electron chi connectivity index (χ4n) is 5.28. The van der Waals surface area contributed by atoms with Crippen LogP contribution in [0, 0.1) is 0 Å². The number of phenolic OH excluding ortho intramolecular Hbond substituents is 2. The third-order valence-electron chi connectivity index (χ3n) is 7.34. The minimum Gasteiger partial charge on any atom is -0.504 e. The number of anilines is 1. The summed E-state index contributed by atoms with van der Waals surface area (Å²) in [6.07, 6.45) is 0.384. The molecule has 2 aliphatic heterocycles. The van der Waals surface area contributed by atoms with Crippen LogP contribution < -0.4 is 31.1 Å². The molecule has 2 aliphatic rings. The first-order valence-corrected chi connectivity index (χ1v) is 14.6. The Labute approximate surface area is 254 Å². The number of carbonyl (C=O) groups excluding carboxylic acids is 2. The van der Waals surface area contributed by atoms with Crippen LogP contribution in [0.2, 0.25) is 5.02 Å². The number of fused-ring (bicyclic) bond motifs is 3. The Bertz CT molecular complexity index is 1520. The van der Waals surface area contributed by atoms with Gasteiger partial charge < -0.3 is 30.5 Å². The van der Waals surface area contributed by atoms with Crippen LogP contribution in [-0.2, 0) is 4.79 Å². The van der Waals surface area contributed by atoms with Gasteiger partial charge >= 0.3 is 0 Å². The number of rotatable bonds is 10. The second-order valence-corrected chi connectivity index (χ2v) is 10.8. The monoisotopic (exact) mass is 606 g/mol. The average Bonchev–Trinajstić information content (AvgIpc) is 3.31. The molecular formula is C31H35ClN6O5. The van der Waals surface area contributed by atoms with Crippen LogP contribution >= 0.6 is 11.6 Å². The van der Waals surface area contributed by atoms with Gasteiger partial charge in [-0.05, 0) is 62.7 Å². The minimum atomic E-state index is -0.485. The van der Waals surface area contributed by atoms with Crippen molar-refractivity contribution < 1.29 is 24.5 Å². The molecule has 0 radical (unpaired) electrons. The third kappa shape index (κ3) is 6.69. The Hall–Kier alpha value is -4.32. The molecule has 3 aromatic rings. The van der Waals surface area contributed by atoms with Crippen LogP contribution in [0.1, 0.15) is 48.2 Å². The predicted octanol–water partition coefficient (Wildman–Crippen LogP) is 3.28. The maximum Gasteiger partial charge on any atom is 0.255 e. The number of nitrogens with zero attached hydrogens (tertiary/aromatic N) is 2. The van der Waals surface area contributed by atoms with E-state index in [2.05, 4.69) is 26.4 Å². The van der Waals surface area contributed by atoms with Gasteiger partial charge in [0, 0.05) is 34.9 Å². The zero-order valence-electron chi connectivity index (χ0n) is 23.9. The number of benzene rings is 3. The van der Waals surface area contributed by atoms with Crippen LogP contribution in [0.4, 0.5) is 5.69 Å². The van der Waals surface area contributed by atoms with E-state index < -0.39 is 11.7 Å². The first kappa shape index (κ1) is 30.1. The van der Waals surface area contributed by atoms with Crippen LogP contribution in [0.15, 0.2) is 65.7 Å². The number of nitrogens with one attached hydrogen (secondary N) is 4. The summed E-state index contributed by atoms with van der Waals surface area (Å²) < 4.78 is 6.08. The zero-order chi connectivity index (χ0) is 30.5. The number of ether oxygens (including phenoxy) is 1. The second-order valence-electron chi connectivity index (χ2n) is 10.3. The van der Waals surface area contributed by atoms with Crippen molar-refractivity contribution in [2.24, 2.45) is 4.99 Å². The van der Waals surface area contributed by atoms with Gasteiger partial charge in [-0.2, -0.15) is 0 Å². The molecule has 5 rings (SSSR count). The third-order valence-corrected chi connectivity index (χ3v) is 7.59. The molecular weight excluding hydrogens is 572 g/mol. The lowest BCUT2D eigenvalue weighted by Gasteiger charge is -2.31. The van der Waals surface area contributed by atoms with Gasteiger partial charge in [0.05, 0.1) is 36.5 Å². The molecule has 3 aromatic carbocycles. The number of para-hydroxylation sites is 1. The Morgan fingerprint density at radius 3 is 2.63 bits per heavy atom. The molecule has 0 aliphatic carbocycles. The van der Waals surface area contributed by atoms with E-state index in [0.29, 0.717) is 36.9 Å². The molecule has 43 heavy (non-hydrogen) atoms. The summed E-state index contributed by atoms with van der Waals surface area (Å²) in [5.41, 5.74) is 10.0. The standard InChI is InChI=1S/C31H35ClN6O5/c1-3-33-27(40)17-24-30-37-36-18(2)38(30)25-13-12-21(16-23(25)28(35-24)19-8-10-20(32)11-9-19)43-15-5-14-34-31(42)22-6-4-7-26(39)29(22)41/h4,6-13,16,18,24,30,36-37,39,41H,3,5,14-15,17H2,1-2H3,(H,33,40)(H,34,42). The van der Waals surface area contributed by atoms with E-state index in [9.17, 15) is 19.8 Å². The average molecular weight is 607 g/mol. The molecule has 0 bridgehead atoms. The van der Waals surface area contributed by atoms with E-state index in [0.717, 1.165) is 22.5 Å². The molecule has 1 fully saturated rings. The quantitative estimate of drug-likeness (QED) is 0.152. The number of amides is 2. The Kier molecular flexibility index (Phi) is 9.34. The largest absolute Gasteiger partial charge is 0.504 e. The van der Waals surface area contributed by atoms with Crippen molar-refractivity contribution in [1.82, 2.24) is 21.5 Å². The van der Waals surface area contributed by atoms with Gasteiger partial charge in [0.2, 0.25) is 5.91 Å². The van der Waals surface area contributed by atoms with Crippen LogP contribution in [0.5, 0.6) is 17.2 Å². The molecule has 3 atom stereocenters. The first-order valence-electron chi connectivity index (χ1n) is 14.2. The van der Waals surface area contributed by atoms with Crippen molar-refractivity contribution in [1.29, 1.82) is 0 Å². The molecule has 2 amide bonds. The predicted molar refractivity (Wildman–Crippen MR) is 165 cm³/mol. The molecule has 2 heterocycles. The van der Waals surface area contributed by atoms with E-state index in [1.54, 1.807) is 0 Å². The highest BCUT2D eigenvalue weighted by Crippen LogP contribution is 2.36. The van der Waals surface area contributed by atoms with Gasteiger partial charge in [0.25, 0.3) is 5.91 Å². The molecule has 0 aromatic heterocycles. The van der Waals surface area contributed by atoms with Gasteiger partial charge in [0.1, 0.15) is 11.9 Å². The van der Waals surface area contributed by atoms with Gasteiger partial charge in [-0.3, -0.25) is 14.6 Å². The van der Waals surface area contributed by atoms with Crippen molar-refractivity contribution in [2.75, 3.05) is 24.6 Å². The van der Waals surface area contributed by atoms with Crippen LogP contribution in [0.25, 0.3) is 0 Å². The van der Waals surface area contributed by atoms with E-state index in [4.69, 9.17) is 21.3 Å². The molecule has 226 valence electrons. The maximum atomic E-state index is 12.7. The summed E-state index contributed by atoms with van der Waals surface area (Å²) in [5.74, 6) is -0.732. The van der Waals surface area contributed by atoms with Crippen molar-refractivity contribution >= 4 is 34.8 Å². The number of aliphatic imine (C=N–C) groups is 1. The number of phenols is 2. The van der Waals surface area contributed by atoms with Crippen LogP contribution in [0.3, 0.4) is 0 Å². The lowest BCUT2D eigenvalue weighted by Crippen LogP contribution is -2.47. The normalized spacial score (nSPS) is 19.1. The first-order chi connectivity index (χ1) is 20.8. The lowest BCUT2D eigenvalue weighted by atomic mass is 9.99. The Morgan fingerprint density at radius 2 is 1.86 bits per heavy atom. The number of halogens is 1. The van der Waals surface area contributed by atoms with Crippen LogP contribution in [-0.4, -0.2) is 65.8 Å². The highest BCUT2D eigenvalue weighted by Gasteiger charge is 2.40. The fraction of sp³-hybridized carbons (Fsp3) is 0.323. The summed E-state index contributed by atoms with van der Waals surface area (Å²) in [6, 6.07) is 17.2. The fourth-order valence-corrected chi connectivity index (χ4v) is 5.41.